The van der Waals surface area contributed by atoms with Gasteiger partial charge in [0.2, 0.25) is 0 Å². The molecule has 0 radical (unpaired) electrons. The Bertz CT molecular complexity index is 1180. The molecular weight excluding hydrogens is 382 g/mol. The van der Waals surface area contributed by atoms with Crippen LogP contribution in [0.15, 0.2) is 41.3 Å². The van der Waals surface area contributed by atoms with Crippen molar-refractivity contribution in [1.29, 1.82) is 0 Å². The average molecular weight is 395 g/mol. The minimum absolute atomic E-state index is 0.0414. The second-order valence-electron chi connectivity index (χ2n) is 5.68. The fraction of sp³-hybridized carbons (Fsp3) is 0.125. The third kappa shape index (κ3) is 2.58. The van der Waals surface area contributed by atoms with E-state index >= 15 is 0 Å². The van der Waals surface area contributed by atoms with Gasteiger partial charge in [-0.2, -0.15) is 8.42 Å². The summed E-state index contributed by atoms with van der Waals surface area (Å²) in [6, 6.07) is 8.38. The van der Waals surface area contributed by atoms with E-state index in [0.717, 1.165) is 6.07 Å². The third-order valence-electron chi connectivity index (χ3n) is 4.24. The van der Waals surface area contributed by atoms with Gasteiger partial charge in [0.25, 0.3) is 10.0 Å². The van der Waals surface area contributed by atoms with Crippen molar-refractivity contribution >= 4 is 31.9 Å². The van der Waals surface area contributed by atoms with Crippen LogP contribution in [0.2, 0.25) is 0 Å². The fourth-order valence-corrected chi connectivity index (χ4v) is 5.11. The number of benzene rings is 2. The lowest BCUT2D eigenvalue weighted by Crippen LogP contribution is -2.33. The first-order valence-electron chi connectivity index (χ1n) is 7.26. The molecule has 1 aliphatic rings. The molecule has 2 aromatic carbocycles. The number of carbonyl (C=O) groups excluding carboxylic acids is 2. The second kappa shape index (κ2) is 5.81. The molecule has 1 aliphatic carbocycles. The Morgan fingerprint density at radius 2 is 1.38 bits per heavy atom. The molecule has 0 unspecified atom stereocenters. The van der Waals surface area contributed by atoms with Crippen molar-refractivity contribution in [2.24, 2.45) is 0 Å². The lowest BCUT2D eigenvalue weighted by molar-refractivity contribution is 0.0978. The summed E-state index contributed by atoms with van der Waals surface area (Å²) < 4.78 is 56.3. The van der Waals surface area contributed by atoms with Crippen LogP contribution in [-0.4, -0.2) is 43.7 Å². The molecule has 1 N–H and O–H groups in total. The van der Waals surface area contributed by atoms with Crippen LogP contribution < -0.4 is 0 Å². The molecule has 0 spiro atoms. The van der Waals surface area contributed by atoms with E-state index in [1.807, 2.05) is 0 Å². The van der Waals surface area contributed by atoms with E-state index in [1.54, 1.807) is 12.1 Å². The van der Waals surface area contributed by atoms with Gasteiger partial charge in [-0.3, -0.25) is 14.1 Å². The maximum absolute atomic E-state index is 12.8. The second-order valence-corrected chi connectivity index (χ2v) is 9.29. The van der Waals surface area contributed by atoms with Crippen molar-refractivity contribution in [3.05, 3.63) is 64.2 Å². The molecular formula is C16H13NO7S2. The van der Waals surface area contributed by atoms with Crippen LogP contribution >= 0.6 is 0 Å². The Labute approximate surface area is 150 Å². The van der Waals surface area contributed by atoms with Crippen molar-refractivity contribution in [3.63, 3.8) is 0 Å². The fourth-order valence-electron chi connectivity index (χ4n) is 2.88. The first-order valence-corrected chi connectivity index (χ1v) is 10.1. The SMILES string of the molecule is Cc1c(S(=O)(=O)N(C)S(=O)(=O)O)ccc2c1C(=O)c1ccccc1C2=O. The Balaban J connectivity index is 2.28. The Kier molecular flexibility index (Phi) is 4.11. The molecule has 0 heterocycles. The van der Waals surface area contributed by atoms with Crippen LogP contribution in [0.1, 0.15) is 37.4 Å². The van der Waals surface area contributed by atoms with Crippen LogP contribution in [0.3, 0.4) is 0 Å². The van der Waals surface area contributed by atoms with Gasteiger partial charge in [0.1, 0.15) is 0 Å². The molecule has 0 atom stereocenters. The van der Waals surface area contributed by atoms with E-state index in [1.165, 1.54) is 25.1 Å². The minimum Gasteiger partial charge on any atom is -0.289 e. The van der Waals surface area contributed by atoms with Crippen molar-refractivity contribution in [2.45, 2.75) is 11.8 Å². The monoisotopic (exact) mass is 395 g/mol. The number of sulfonamides is 1. The number of rotatable bonds is 3. The number of hydrogen-bond donors (Lipinski definition) is 1. The van der Waals surface area contributed by atoms with Gasteiger partial charge in [-0.25, -0.2) is 8.42 Å². The van der Waals surface area contributed by atoms with Gasteiger partial charge in [-0.1, -0.05) is 28.0 Å². The summed E-state index contributed by atoms with van der Waals surface area (Å²) in [5.74, 6) is -0.954. The first-order chi connectivity index (χ1) is 12.0. The number of fused-ring (bicyclic) bond motifs is 2. The van der Waals surface area contributed by atoms with Crippen molar-refractivity contribution < 1.29 is 31.0 Å². The zero-order valence-electron chi connectivity index (χ0n) is 13.6. The lowest BCUT2D eigenvalue weighted by atomic mass is 9.82. The molecule has 136 valence electrons. The van der Waals surface area contributed by atoms with Gasteiger partial charge in [-0.05, 0) is 24.6 Å². The van der Waals surface area contributed by atoms with Crippen LogP contribution in [0.5, 0.6) is 0 Å². The van der Waals surface area contributed by atoms with Crippen molar-refractivity contribution in [3.8, 4) is 0 Å². The summed E-state index contributed by atoms with van der Waals surface area (Å²) in [6.45, 7) is 1.31. The summed E-state index contributed by atoms with van der Waals surface area (Å²) in [7, 11) is -9.00. The maximum atomic E-state index is 12.8. The third-order valence-corrected chi connectivity index (χ3v) is 7.72. The van der Waals surface area contributed by atoms with Crippen LogP contribution in [0.4, 0.5) is 0 Å². The summed E-state index contributed by atoms with van der Waals surface area (Å²) in [6.07, 6.45) is 0. The molecule has 26 heavy (non-hydrogen) atoms. The molecule has 2 aromatic rings. The zero-order chi connectivity index (χ0) is 19.4. The number of hydrogen-bond acceptors (Lipinski definition) is 6. The van der Waals surface area contributed by atoms with E-state index in [-0.39, 0.29) is 31.5 Å². The van der Waals surface area contributed by atoms with Crippen LogP contribution in [-0.2, 0) is 20.3 Å². The van der Waals surface area contributed by atoms with Gasteiger partial charge in [0.05, 0.1) is 4.90 Å². The molecule has 0 fully saturated rings. The Morgan fingerprint density at radius 1 is 0.846 bits per heavy atom. The molecule has 10 heteroatoms. The topological polar surface area (TPSA) is 126 Å². The summed E-state index contributed by atoms with van der Waals surface area (Å²) in [4.78, 5) is 24.9. The van der Waals surface area contributed by atoms with Gasteiger partial charge in [0.15, 0.2) is 11.6 Å². The van der Waals surface area contributed by atoms with E-state index < -0.39 is 36.8 Å². The summed E-state index contributed by atoms with van der Waals surface area (Å²) in [5, 5.41) is 0. The van der Waals surface area contributed by atoms with Crippen molar-refractivity contribution in [2.75, 3.05) is 7.05 Å². The molecule has 0 saturated carbocycles. The Morgan fingerprint density at radius 3 is 1.92 bits per heavy atom. The molecule has 0 aliphatic heterocycles. The molecule has 0 aromatic heterocycles. The van der Waals surface area contributed by atoms with E-state index in [4.69, 9.17) is 4.55 Å². The highest BCUT2D eigenvalue weighted by Crippen LogP contribution is 2.33. The van der Waals surface area contributed by atoms with E-state index in [0.29, 0.717) is 7.05 Å². The quantitative estimate of drug-likeness (QED) is 0.660. The lowest BCUT2D eigenvalue weighted by Gasteiger charge is -2.22. The molecule has 3 rings (SSSR count). The molecule has 0 bridgehead atoms. The highest BCUT2D eigenvalue weighted by molar-refractivity contribution is 8.01. The van der Waals surface area contributed by atoms with Gasteiger partial charge >= 0.3 is 10.3 Å². The highest BCUT2D eigenvalue weighted by atomic mass is 32.3. The largest absolute Gasteiger partial charge is 0.349 e. The predicted molar refractivity (Wildman–Crippen MR) is 91.0 cm³/mol. The summed E-state index contributed by atoms with van der Waals surface area (Å²) in [5.41, 5.74) is 0.241. The number of carbonyl (C=O) groups is 2. The van der Waals surface area contributed by atoms with Crippen LogP contribution in [0, 0.1) is 6.92 Å². The van der Waals surface area contributed by atoms with Crippen molar-refractivity contribution in [1.82, 2.24) is 3.71 Å². The summed E-state index contributed by atoms with van der Waals surface area (Å²) >= 11 is 0. The maximum Gasteiger partial charge on any atom is 0.349 e. The smallest absolute Gasteiger partial charge is 0.289 e. The standard InChI is InChI=1S/C16H13NO7S2/c1-9-13(25(20,21)17(2)26(22,23)24)8-7-12-14(9)16(19)11-6-4-3-5-10(11)15(12)18/h3-8H,1-2H3,(H,22,23,24). The van der Waals surface area contributed by atoms with Gasteiger partial charge in [0, 0.05) is 29.3 Å². The normalized spacial score (nSPS) is 14.3. The van der Waals surface area contributed by atoms with Gasteiger partial charge in [-0.15, -0.1) is 0 Å². The van der Waals surface area contributed by atoms with Crippen LogP contribution in [0.25, 0.3) is 0 Å². The number of nitrogens with zero attached hydrogens (tertiary/aromatic N) is 1. The minimum atomic E-state index is -5.03. The Hall–Kier alpha value is -2.40. The predicted octanol–water partition coefficient (Wildman–Crippen LogP) is 1.19. The van der Waals surface area contributed by atoms with Gasteiger partial charge < -0.3 is 0 Å². The number of ketones is 2. The van der Waals surface area contributed by atoms with E-state index in [2.05, 4.69) is 0 Å². The molecule has 8 nitrogen and oxygen atoms in total. The average Bonchev–Trinajstić information content (AvgIpc) is 2.57. The molecule has 0 amide bonds. The highest BCUT2D eigenvalue weighted by Gasteiger charge is 2.36. The zero-order valence-corrected chi connectivity index (χ0v) is 15.3. The molecule has 0 saturated heterocycles. The first kappa shape index (κ1) is 18.4. The van der Waals surface area contributed by atoms with E-state index in [9.17, 15) is 26.4 Å².